The van der Waals surface area contributed by atoms with Gasteiger partial charge in [-0.2, -0.15) is 0 Å². The van der Waals surface area contributed by atoms with Gasteiger partial charge < -0.3 is 28.4 Å². The van der Waals surface area contributed by atoms with Gasteiger partial charge in [0.1, 0.15) is 12.7 Å². The fourth-order valence-corrected chi connectivity index (χ4v) is 2.46. The standard InChI is InChI=1S/C16H22O11/c1-7(17)22-6-12(23-8(2)18)13-14(24-9(3)19)15(25-10(4)20)16(27-13)26-11(5)21/h12-16H,6H2,1-5H3/t12-,13-,14+,15+,16+/m1/s1. The second kappa shape index (κ2) is 9.86. The van der Waals surface area contributed by atoms with E-state index in [4.69, 9.17) is 28.4 Å². The van der Waals surface area contributed by atoms with Gasteiger partial charge in [-0.25, -0.2) is 0 Å². The van der Waals surface area contributed by atoms with Crippen LogP contribution in [0, 0.1) is 0 Å². The molecule has 1 rings (SSSR count). The van der Waals surface area contributed by atoms with Crippen molar-refractivity contribution in [3.05, 3.63) is 0 Å². The summed E-state index contributed by atoms with van der Waals surface area (Å²) in [5.41, 5.74) is 0. The molecule has 1 aliphatic heterocycles. The molecule has 1 fully saturated rings. The summed E-state index contributed by atoms with van der Waals surface area (Å²) < 4.78 is 30.7. The van der Waals surface area contributed by atoms with Crippen LogP contribution < -0.4 is 0 Å². The van der Waals surface area contributed by atoms with Crippen molar-refractivity contribution in [2.24, 2.45) is 0 Å². The number of ether oxygens (including phenoxy) is 6. The first-order valence-corrected chi connectivity index (χ1v) is 7.99. The molecule has 0 aliphatic carbocycles. The Kier molecular flexibility index (Phi) is 8.16. The Morgan fingerprint density at radius 2 is 1.26 bits per heavy atom. The van der Waals surface area contributed by atoms with E-state index in [2.05, 4.69) is 0 Å². The smallest absolute Gasteiger partial charge is 0.305 e. The Morgan fingerprint density at radius 3 is 1.70 bits per heavy atom. The Balaban J connectivity index is 3.20. The zero-order valence-corrected chi connectivity index (χ0v) is 15.6. The first-order valence-electron chi connectivity index (χ1n) is 7.99. The van der Waals surface area contributed by atoms with Crippen LogP contribution in [0.25, 0.3) is 0 Å². The monoisotopic (exact) mass is 390 g/mol. The van der Waals surface area contributed by atoms with Crippen molar-refractivity contribution in [3.63, 3.8) is 0 Å². The minimum Gasteiger partial charge on any atom is -0.462 e. The lowest BCUT2D eigenvalue weighted by molar-refractivity contribution is -0.203. The molecule has 0 N–H and O–H groups in total. The molecule has 0 aromatic carbocycles. The van der Waals surface area contributed by atoms with E-state index >= 15 is 0 Å². The summed E-state index contributed by atoms with van der Waals surface area (Å²) in [7, 11) is 0. The van der Waals surface area contributed by atoms with Crippen LogP contribution in [0.1, 0.15) is 34.6 Å². The van der Waals surface area contributed by atoms with E-state index in [0.29, 0.717) is 0 Å². The van der Waals surface area contributed by atoms with Crippen molar-refractivity contribution in [2.75, 3.05) is 6.61 Å². The van der Waals surface area contributed by atoms with Crippen molar-refractivity contribution < 1.29 is 52.4 Å². The van der Waals surface area contributed by atoms with E-state index in [1.165, 1.54) is 0 Å². The predicted molar refractivity (Wildman–Crippen MR) is 83.7 cm³/mol. The van der Waals surface area contributed by atoms with Crippen LogP contribution in [0.4, 0.5) is 0 Å². The summed E-state index contributed by atoms with van der Waals surface area (Å²) in [6.07, 6.45) is -6.46. The number of carbonyl (C=O) groups excluding carboxylic acids is 5. The maximum Gasteiger partial charge on any atom is 0.305 e. The lowest BCUT2D eigenvalue weighted by atomic mass is 10.1. The number of carbonyl (C=O) groups is 5. The second-order valence-corrected chi connectivity index (χ2v) is 5.68. The highest BCUT2D eigenvalue weighted by Gasteiger charge is 2.55. The molecule has 1 aliphatic rings. The molecule has 1 saturated heterocycles. The lowest BCUT2D eigenvalue weighted by Gasteiger charge is -2.27. The molecule has 0 bridgehead atoms. The van der Waals surface area contributed by atoms with Gasteiger partial charge in [0.05, 0.1) is 0 Å². The van der Waals surface area contributed by atoms with Gasteiger partial charge in [-0.1, -0.05) is 0 Å². The molecule has 0 saturated carbocycles. The van der Waals surface area contributed by atoms with Crippen LogP contribution in [0.3, 0.4) is 0 Å². The van der Waals surface area contributed by atoms with Gasteiger partial charge in [0.15, 0.2) is 12.2 Å². The highest BCUT2D eigenvalue weighted by Crippen LogP contribution is 2.31. The van der Waals surface area contributed by atoms with Crippen LogP contribution in [0.5, 0.6) is 0 Å². The molecular weight excluding hydrogens is 368 g/mol. The van der Waals surface area contributed by atoms with E-state index in [-0.39, 0.29) is 0 Å². The van der Waals surface area contributed by atoms with E-state index < -0.39 is 67.2 Å². The SMILES string of the molecule is CC(=O)OC[C@@H](OC(C)=O)[C@H]1O[C@H](OC(C)=O)[C@@H](OC(C)=O)[C@H]1OC(C)=O. The van der Waals surface area contributed by atoms with Crippen molar-refractivity contribution >= 4 is 29.8 Å². The molecular formula is C16H22O11. The fraction of sp³-hybridized carbons (Fsp3) is 0.688. The maximum atomic E-state index is 11.5. The first-order chi connectivity index (χ1) is 12.5. The molecule has 0 amide bonds. The van der Waals surface area contributed by atoms with Crippen LogP contribution in [-0.2, 0) is 52.4 Å². The predicted octanol–water partition coefficient (Wildman–Crippen LogP) is -0.367. The molecule has 5 atom stereocenters. The molecule has 0 aromatic rings. The third-order valence-electron chi connectivity index (χ3n) is 3.23. The maximum absolute atomic E-state index is 11.5. The average molecular weight is 390 g/mol. The normalized spacial score (nSPS) is 25.1. The third-order valence-corrected chi connectivity index (χ3v) is 3.23. The molecule has 0 unspecified atom stereocenters. The van der Waals surface area contributed by atoms with Gasteiger partial charge in [0.25, 0.3) is 0 Å². The van der Waals surface area contributed by atoms with Crippen molar-refractivity contribution in [1.82, 2.24) is 0 Å². The van der Waals surface area contributed by atoms with E-state index in [9.17, 15) is 24.0 Å². The zero-order chi connectivity index (χ0) is 20.7. The van der Waals surface area contributed by atoms with Gasteiger partial charge in [-0.05, 0) is 0 Å². The van der Waals surface area contributed by atoms with Crippen LogP contribution >= 0.6 is 0 Å². The van der Waals surface area contributed by atoms with Gasteiger partial charge >= 0.3 is 29.8 Å². The van der Waals surface area contributed by atoms with Gasteiger partial charge in [0, 0.05) is 34.6 Å². The Bertz CT molecular complexity index is 599. The summed E-state index contributed by atoms with van der Waals surface area (Å²) in [5, 5.41) is 0. The quantitative estimate of drug-likeness (QED) is 0.415. The highest BCUT2D eigenvalue weighted by molar-refractivity contribution is 5.69. The second-order valence-electron chi connectivity index (χ2n) is 5.68. The number of esters is 5. The van der Waals surface area contributed by atoms with Gasteiger partial charge in [-0.15, -0.1) is 0 Å². The minimum absolute atomic E-state index is 0.420. The summed E-state index contributed by atoms with van der Waals surface area (Å²) >= 11 is 0. The van der Waals surface area contributed by atoms with Crippen LogP contribution in [0.2, 0.25) is 0 Å². The Morgan fingerprint density at radius 1 is 0.741 bits per heavy atom. The minimum atomic E-state index is -1.42. The number of hydrogen-bond donors (Lipinski definition) is 0. The van der Waals surface area contributed by atoms with Crippen LogP contribution in [0.15, 0.2) is 0 Å². The zero-order valence-electron chi connectivity index (χ0n) is 15.6. The molecule has 0 radical (unpaired) electrons. The highest BCUT2D eigenvalue weighted by atomic mass is 16.8. The molecule has 152 valence electrons. The Hall–Kier alpha value is -2.69. The van der Waals surface area contributed by atoms with Crippen molar-refractivity contribution in [2.45, 2.75) is 65.3 Å². The number of rotatable bonds is 7. The third kappa shape index (κ3) is 7.21. The summed E-state index contributed by atoms with van der Waals surface area (Å²) in [5.74, 6) is -3.62. The van der Waals surface area contributed by atoms with Gasteiger partial charge in [0.2, 0.25) is 12.4 Å². The largest absolute Gasteiger partial charge is 0.462 e. The molecule has 11 nitrogen and oxygen atoms in total. The molecule has 0 spiro atoms. The van der Waals surface area contributed by atoms with Crippen molar-refractivity contribution in [3.8, 4) is 0 Å². The summed E-state index contributed by atoms with van der Waals surface area (Å²) in [4.78, 5) is 56.7. The topological polar surface area (TPSA) is 141 Å². The Labute approximate surface area is 155 Å². The summed E-state index contributed by atoms with van der Waals surface area (Å²) in [6.45, 7) is 5.15. The van der Waals surface area contributed by atoms with Crippen molar-refractivity contribution in [1.29, 1.82) is 0 Å². The van der Waals surface area contributed by atoms with E-state index in [1.807, 2.05) is 0 Å². The van der Waals surface area contributed by atoms with E-state index in [1.54, 1.807) is 0 Å². The lowest BCUT2D eigenvalue weighted by Crippen LogP contribution is -2.46. The van der Waals surface area contributed by atoms with Crippen LogP contribution in [-0.4, -0.2) is 67.2 Å². The summed E-state index contributed by atoms with van der Waals surface area (Å²) in [6, 6.07) is 0. The molecule has 11 heteroatoms. The fourth-order valence-electron chi connectivity index (χ4n) is 2.46. The molecule has 0 aromatic heterocycles. The van der Waals surface area contributed by atoms with Gasteiger partial charge in [-0.3, -0.25) is 24.0 Å². The first kappa shape index (κ1) is 22.4. The van der Waals surface area contributed by atoms with E-state index in [0.717, 1.165) is 34.6 Å². The molecule has 27 heavy (non-hydrogen) atoms. The average Bonchev–Trinajstić information content (AvgIpc) is 2.79. The molecule has 1 heterocycles. The number of hydrogen-bond acceptors (Lipinski definition) is 11.